The molecule has 0 saturated heterocycles. The van der Waals surface area contributed by atoms with Crippen LogP contribution in [-0.4, -0.2) is 44.8 Å². The highest BCUT2D eigenvalue weighted by Crippen LogP contribution is 2.28. The predicted octanol–water partition coefficient (Wildman–Crippen LogP) is 1.54. The van der Waals surface area contributed by atoms with E-state index in [1.165, 1.54) is 17.7 Å². The van der Waals surface area contributed by atoms with Gasteiger partial charge in [0.15, 0.2) is 0 Å². The molecule has 1 saturated carbocycles. The molecule has 2 rings (SSSR count). The summed E-state index contributed by atoms with van der Waals surface area (Å²) >= 11 is 0. The van der Waals surface area contributed by atoms with Gasteiger partial charge in [-0.3, -0.25) is 14.3 Å². The zero-order valence-electron chi connectivity index (χ0n) is 11.1. The van der Waals surface area contributed by atoms with Crippen molar-refractivity contribution in [2.45, 2.75) is 38.6 Å². The molecule has 6 heteroatoms. The molecule has 0 unspecified atom stereocenters. The monoisotopic (exact) mass is 265 g/mol. The van der Waals surface area contributed by atoms with Gasteiger partial charge >= 0.3 is 5.97 Å². The lowest BCUT2D eigenvalue weighted by Crippen LogP contribution is -2.35. The highest BCUT2D eigenvalue weighted by molar-refractivity contribution is 5.94. The second kappa shape index (κ2) is 5.86. The van der Waals surface area contributed by atoms with Crippen LogP contribution in [0.15, 0.2) is 12.3 Å². The molecule has 6 nitrogen and oxygen atoms in total. The van der Waals surface area contributed by atoms with E-state index in [4.69, 9.17) is 5.11 Å². The van der Waals surface area contributed by atoms with Gasteiger partial charge in [0.25, 0.3) is 5.91 Å². The van der Waals surface area contributed by atoms with Gasteiger partial charge in [0.1, 0.15) is 12.2 Å². The van der Waals surface area contributed by atoms with Gasteiger partial charge in [0.2, 0.25) is 0 Å². The number of carboxylic acids is 1. The molecule has 0 bridgehead atoms. The molecule has 0 radical (unpaired) electrons. The van der Waals surface area contributed by atoms with E-state index in [0.717, 1.165) is 12.8 Å². The topological polar surface area (TPSA) is 75.4 Å². The number of carbonyl (C=O) groups is 2. The van der Waals surface area contributed by atoms with Crippen LogP contribution in [0.5, 0.6) is 0 Å². The van der Waals surface area contributed by atoms with E-state index < -0.39 is 5.97 Å². The van der Waals surface area contributed by atoms with Crippen molar-refractivity contribution in [1.29, 1.82) is 0 Å². The lowest BCUT2D eigenvalue weighted by atomic mass is 10.3. The molecule has 1 N–H and O–H groups in total. The van der Waals surface area contributed by atoms with Crippen molar-refractivity contribution in [2.75, 3.05) is 13.1 Å². The number of carbonyl (C=O) groups excluding carboxylic acids is 1. The molecule has 0 spiro atoms. The normalized spacial score (nSPS) is 15.6. The summed E-state index contributed by atoms with van der Waals surface area (Å²) in [6.07, 6.45) is 6.42. The van der Waals surface area contributed by atoms with Crippen LogP contribution in [0, 0.1) is 0 Å². The Kier molecular flexibility index (Phi) is 4.19. The summed E-state index contributed by atoms with van der Waals surface area (Å²) in [5.41, 5.74) is 0.329. The van der Waals surface area contributed by atoms with E-state index >= 15 is 0 Å². The zero-order chi connectivity index (χ0) is 13.8. The second-order valence-corrected chi connectivity index (χ2v) is 4.83. The van der Waals surface area contributed by atoms with Crippen molar-refractivity contribution < 1.29 is 14.7 Å². The van der Waals surface area contributed by atoms with Gasteiger partial charge < -0.3 is 10.0 Å². The summed E-state index contributed by atoms with van der Waals surface area (Å²) in [4.78, 5) is 24.1. The second-order valence-electron chi connectivity index (χ2n) is 4.83. The molecule has 1 aromatic heterocycles. The fourth-order valence-corrected chi connectivity index (χ4v) is 2.48. The maximum absolute atomic E-state index is 12.1. The fourth-order valence-electron chi connectivity index (χ4n) is 2.48. The third-order valence-electron chi connectivity index (χ3n) is 3.52. The number of rotatable bonds is 5. The summed E-state index contributed by atoms with van der Waals surface area (Å²) in [5, 5.41) is 13.1. The van der Waals surface area contributed by atoms with Crippen LogP contribution in [0.2, 0.25) is 0 Å². The number of aliphatic carboxylic acids is 1. The first kappa shape index (κ1) is 13.6. The summed E-state index contributed by atoms with van der Waals surface area (Å²) in [7, 11) is 0. The number of nitrogens with zero attached hydrogens (tertiary/aromatic N) is 3. The quantitative estimate of drug-likeness (QED) is 0.876. The number of amides is 1. The lowest BCUT2D eigenvalue weighted by molar-refractivity contribution is -0.137. The van der Waals surface area contributed by atoms with E-state index in [1.54, 1.807) is 13.0 Å². The number of aromatic nitrogens is 2. The highest BCUT2D eigenvalue weighted by Gasteiger charge is 2.22. The third-order valence-corrected chi connectivity index (χ3v) is 3.52. The molecule has 1 amide bonds. The molecule has 0 atom stereocenters. The summed E-state index contributed by atoms with van der Waals surface area (Å²) < 4.78 is 1.84. The molecule has 1 fully saturated rings. The van der Waals surface area contributed by atoms with Crippen LogP contribution in [-0.2, 0) is 4.79 Å². The molecule has 1 aromatic rings. The molecule has 0 aromatic carbocycles. The third kappa shape index (κ3) is 3.13. The average Bonchev–Trinajstić information content (AvgIpc) is 3.04. The zero-order valence-corrected chi connectivity index (χ0v) is 11.1. The largest absolute Gasteiger partial charge is 0.480 e. The Labute approximate surface area is 112 Å². The Morgan fingerprint density at radius 2 is 2.16 bits per heavy atom. The maximum Gasteiger partial charge on any atom is 0.323 e. The Hall–Kier alpha value is -1.85. The van der Waals surface area contributed by atoms with E-state index in [-0.39, 0.29) is 12.5 Å². The van der Waals surface area contributed by atoms with Crippen LogP contribution in [0.1, 0.15) is 49.1 Å². The van der Waals surface area contributed by atoms with E-state index in [1.807, 2.05) is 10.9 Å². The number of hydrogen-bond acceptors (Lipinski definition) is 3. The highest BCUT2D eigenvalue weighted by atomic mass is 16.4. The van der Waals surface area contributed by atoms with Crippen LogP contribution in [0.25, 0.3) is 0 Å². The van der Waals surface area contributed by atoms with Gasteiger partial charge in [0, 0.05) is 12.7 Å². The van der Waals surface area contributed by atoms with Crippen molar-refractivity contribution in [3.05, 3.63) is 18.0 Å². The van der Waals surface area contributed by atoms with Crippen molar-refractivity contribution in [3.63, 3.8) is 0 Å². The van der Waals surface area contributed by atoms with Crippen LogP contribution >= 0.6 is 0 Å². The summed E-state index contributed by atoms with van der Waals surface area (Å²) in [6, 6.07) is 2.06. The van der Waals surface area contributed by atoms with Gasteiger partial charge in [-0.2, -0.15) is 5.10 Å². The molecule has 0 aliphatic heterocycles. The minimum absolute atomic E-state index is 0.286. The molecule has 104 valence electrons. The van der Waals surface area contributed by atoms with Gasteiger partial charge in [0.05, 0.1) is 6.04 Å². The fraction of sp³-hybridized carbons (Fsp3) is 0.615. The maximum atomic E-state index is 12.1. The van der Waals surface area contributed by atoms with Crippen molar-refractivity contribution in [1.82, 2.24) is 14.7 Å². The number of likely N-dealkylation sites (N-methyl/N-ethyl adjacent to an activating group) is 1. The van der Waals surface area contributed by atoms with E-state index in [0.29, 0.717) is 18.3 Å². The van der Waals surface area contributed by atoms with Gasteiger partial charge in [-0.1, -0.05) is 12.8 Å². The smallest absolute Gasteiger partial charge is 0.323 e. The Morgan fingerprint density at radius 3 is 2.74 bits per heavy atom. The number of hydrogen-bond donors (Lipinski definition) is 1. The molecule has 1 aliphatic rings. The van der Waals surface area contributed by atoms with Crippen molar-refractivity contribution in [2.24, 2.45) is 0 Å². The van der Waals surface area contributed by atoms with Gasteiger partial charge in [-0.15, -0.1) is 0 Å². The predicted molar refractivity (Wildman–Crippen MR) is 68.9 cm³/mol. The van der Waals surface area contributed by atoms with E-state index in [2.05, 4.69) is 5.10 Å². The molecule has 1 aliphatic carbocycles. The van der Waals surface area contributed by atoms with Crippen molar-refractivity contribution >= 4 is 11.9 Å². The first-order valence-corrected chi connectivity index (χ1v) is 6.68. The molecule has 1 heterocycles. The first-order valence-electron chi connectivity index (χ1n) is 6.68. The summed E-state index contributed by atoms with van der Waals surface area (Å²) in [6.45, 7) is 1.84. The lowest BCUT2D eigenvalue weighted by Gasteiger charge is -2.17. The average molecular weight is 265 g/mol. The Bertz CT molecular complexity index is 463. The van der Waals surface area contributed by atoms with Crippen LogP contribution in [0.4, 0.5) is 0 Å². The minimum Gasteiger partial charge on any atom is -0.480 e. The van der Waals surface area contributed by atoms with Gasteiger partial charge in [-0.05, 0) is 25.8 Å². The van der Waals surface area contributed by atoms with Crippen LogP contribution < -0.4 is 0 Å². The van der Waals surface area contributed by atoms with Crippen LogP contribution in [0.3, 0.4) is 0 Å². The van der Waals surface area contributed by atoms with Crippen molar-refractivity contribution in [3.8, 4) is 0 Å². The molecular formula is C13H19N3O3. The first-order chi connectivity index (χ1) is 9.11. The van der Waals surface area contributed by atoms with E-state index in [9.17, 15) is 9.59 Å². The molecular weight excluding hydrogens is 246 g/mol. The van der Waals surface area contributed by atoms with Gasteiger partial charge in [-0.25, -0.2) is 0 Å². The SMILES string of the molecule is CCN(CC(=O)O)C(=O)c1ccn(C2CCCC2)n1. The minimum atomic E-state index is -1.01. The molecule has 19 heavy (non-hydrogen) atoms. The Morgan fingerprint density at radius 1 is 1.47 bits per heavy atom. The summed E-state index contributed by atoms with van der Waals surface area (Å²) in [5.74, 6) is -1.33. The number of carboxylic acid groups (broad SMARTS) is 1. The Balaban J connectivity index is 2.08. The standard InChI is InChI=1S/C13H19N3O3/c1-2-15(9-12(17)18)13(19)11-7-8-16(14-11)10-5-3-4-6-10/h7-8,10H,2-6,9H2,1H3,(H,17,18).